The van der Waals surface area contributed by atoms with Crippen LogP contribution in [0, 0.1) is 0 Å². The molecule has 86 valence electrons. The molecule has 1 rings (SSSR count). The van der Waals surface area contributed by atoms with E-state index < -0.39 is 0 Å². The smallest absolute Gasteiger partial charge is 0.309 e. The van der Waals surface area contributed by atoms with E-state index in [0.29, 0.717) is 6.42 Å². The zero-order valence-corrected chi connectivity index (χ0v) is 9.99. The lowest BCUT2D eigenvalue weighted by molar-refractivity contribution is -0.139. The molecule has 0 aliphatic carbocycles. The second kappa shape index (κ2) is 5.35. The lowest BCUT2D eigenvalue weighted by atomic mass is 10.1. The molecule has 3 heteroatoms. The molecule has 1 aromatic carbocycles. The first-order valence-corrected chi connectivity index (χ1v) is 5.08. The molecular weight excluding hydrogens is 202 g/mol. The number of esters is 1. The summed E-state index contributed by atoms with van der Waals surface area (Å²) in [5, 5.41) is 0. The van der Waals surface area contributed by atoms with Crippen LogP contribution in [-0.4, -0.2) is 27.2 Å². The Labute approximate surface area is 96.3 Å². The van der Waals surface area contributed by atoms with Gasteiger partial charge in [-0.1, -0.05) is 18.7 Å². The fourth-order valence-electron chi connectivity index (χ4n) is 1.52. The van der Waals surface area contributed by atoms with Crippen molar-refractivity contribution in [3.8, 4) is 0 Å². The maximum absolute atomic E-state index is 11.1. The molecule has 1 aromatic rings. The van der Waals surface area contributed by atoms with Crippen molar-refractivity contribution in [1.82, 2.24) is 0 Å². The van der Waals surface area contributed by atoms with E-state index in [0.717, 1.165) is 16.8 Å². The summed E-state index contributed by atoms with van der Waals surface area (Å²) in [5.74, 6) is -0.229. The Bertz CT molecular complexity index is 397. The maximum Gasteiger partial charge on any atom is 0.309 e. The van der Waals surface area contributed by atoms with Crippen molar-refractivity contribution in [2.45, 2.75) is 6.42 Å². The molecule has 0 aromatic heterocycles. The Kier molecular flexibility index (Phi) is 4.11. The summed E-state index contributed by atoms with van der Waals surface area (Å²) in [4.78, 5) is 13.2. The van der Waals surface area contributed by atoms with Gasteiger partial charge in [-0.2, -0.15) is 0 Å². The lowest BCUT2D eigenvalue weighted by Gasteiger charge is -2.16. The van der Waals surface area contributed by atoms with Gasteiger partial charge in [0.25, 0.3) is 0 Å². The topological polar surface area (TPSA) is 29.5 Å². The molecule has 0 amide bonds. The van der Waals surface area contributed by atoms with Gasteiger partial charge in [0, 0.05) is 19.8 Å². The van der Waals surface area contributed by atoms with Crippen LogP contribution >= 0.6 is 0 Å². The van der Waals surface area contributed by atoms with Crippen molar-refractivity contribution in [2.75, 3.05) is 26.1 Å². The summed E-state index contributed by atoms with van der Waals surface area (Å²) in [7, 11) is 5.34. The number of hydrogen-bond acceptors (Lipinski definition) is 3. The second-order valence-electron chi connectivity index (χ2n) is 3.74. The van der Waals surface area contributed by atoms with E-state index in [2.05, 4.69) is 11.3 Å². The molecule has 16 heavy (non-hydrogen) atoms. The van der Waals surface area contributed by atoms with Crippen molar-refractivity contribution < 1.29 is 9.53 Å². The molecule has 0 saturated heterocycles. The summed E-state index contributed by atoms with van der Waals surface area (Å²) in [5.41, 5.74) is 3.04. The van der Waals surface area contributed by atoms with E-state index in [4.69, 9.17) is 0 Å². The van der Waals surface area contributed by atoms with Crippen molar-refractivity contribution in [2.24, 2.45) is 0 Å². The zero-order valence-electron chi connectivity index (χ0n) is 9.99. The monoisotopic (exact) mass is 219 g/mol. The third-order valence-electron chi connectivity index (χ3n) is 2.37. The predicted octanol–water partition coefficient (Wildman–Crippen LogP) is 2.11. The zero-order chi connectivity index (χ0) is 12.1. The molecule has 0 fully saturated rings. The van der Waals surface area contributed by atoms with Gasteiger partial charge in [0.1, 0.15) is 0 Å². The minimum Gasteiger partial charge on any atom is -0.469 e. The number of ether oxygens (including phenoxy) is 1. The average molecular weight is 219 g/mol. The van der Waals surface area contributed by atoms with Crippen LogP contribution in [0.15, 0.2) is 24.8 Å². The van der Waals surface area contributed by atoms with E-state index in [1.165, 1.54) is 7.11 Å². The molecule has 0 radical (unpaired) electrons. The standard InChI is InChI=1S/C13H17NO2/c1-5-11-8-10(9-13(15)16-4)6-7-12(11)14(2)3/h5-8H,1,9H2,2-4H3. The Morgan fingerprint density at radius 3 is 2.69 bits per heavy atom. The number of anilines is 1. The largest absolute Gasteiger partial charge is 0.469 e. The van der Waals surface area contributed by atoms with Gasteiger partial charge >= 0.3 is 5.97 Å². The van der Waals surface area contributed by atoms with Crippen LogP contribution in [0.5, 0.6) is 0 Å². The van der Waals surface area contributed by atoms with Gasteiger partial charge in [0.15, 0.2) is 0 Å². The Morgan fingerprint density at radius 2 is 2.19 bits per heavy atom. The average Bonchev–Trinajstić information content (AvgIpc) is 2.28. The quantitative estimate of drug-likeness (QED) is 0.726. The Morgan fingerprint density at radius 1 is 1.50 bits per heavy atom. The molecule has 0 aliphatic rings. The van der Waals surface area contributed by atoms with Crippen LogP contribution in [-0.2, 0) is 16.0 Å². The maximum atomic E-state index is 11.1. The first-order valence-electron chi connectivity index (χ1n) is 5.08. The number of methoxy groups -OCH3 is 1. The van der Waals surface area contributed by atoms with Gasteiger partial charge < -0.3 is 9.64 Å². The number of benzene rings is 1. The van der Waals surface area contributed by atoms with E-state index in [1.54, 1.807) is 6.08 Å². The molecule has 3 nitrogen and oxygen atoms in total. The molecule has 0 aliphatic heterocycles. The molecule has 0 saturated carbocycles. The minimum atomic E-state index is -0.229. The predicted molar refractivity (Wildman–Crippen MR) is 66.6 cm³/mol. The first kappa shape index (κ1) is 12.3. The van der Waals surface area contributed by atoms with E-state index >= 15 is 0 Å². The summed E-state index contributed by atoms with van der Waals surface area (Å²) >= 11 is 0. The third-order valence-corrected chi connectivity index (χ3v) is 2.37. The van der Waals surface area contributed by atoms with Crippen molar-refractivity contribution in [1.29, 1.82) is 0 Å². The van der Waals surface area contributed by atoms with Gasteiger partial charge in [-0.3, -0.25) is 4.79 Å². The normalized spacial score (nSPS) is 9.69. The fraction of sp³-hybridized carbons (Fsp3) is 0.308. The summed E-state index contributed by atoms with van der Waals surface area (Å²) in [6.07, 6.45) is 2.08. The number of hydrogen-bond donors (Lipinski definition) is 0. The van der Waals surface area contributed by atoms with Crippen LogP contribution in [0.4, 0.5) is 5.69 Å². The number of carbonyl (C=O) groups is 1. The fourth-order valence-corrected chi connectivity index (χ4v) is 1.52. The van der Waals surface area contributed by atoms with Crippen LogP contribution in [0.25, 0.3) is 6.08 Å². The number of rotatable bonds is 4. The van der Waals surface area contributed by atoms with E-state index in [-0.39, 0.29) is 5.97 Å². The molecule has 0 bridgehead atoms. The minimum absolute atomic E-state index is 0.229. The van der Waals surface area contributed by atoms with Crippen molar-refractivity contribution in [3.05, 3.63) is 35.9 Å². The van der Waals surface area contributed by atoms with Gasteiger partial charge in [-0.15, -0.1) is 0 Å². The van der Waals surface area contributed by atoms with Gasteiger partial charge in [-0.25, -0.2) is 0 Å². The first-order chi connectivity index (χ1) is 7.58. The second-order valence-corrected chi connectivity index (χ2v) is 3.74. The highest BCUT2D eigenvalue weighted by molar-refractivity contribution is 5.74. The highest BCUT2D eigenvalue weighted by atomic mass is 16.5. The molecule has 0 N–H and O–H groups in total. The summed E-state index contributed by atoms with van der Waals surface area (Å²) in [6.45, 7) is 3.77. The van der Waals surface area contributed by atoms with E-state index in [9.17, 15) is 4.79 Å². The Balaban J connectivity index is 2.99. The van der Waals surface area contributed by atoms with Gasteiger partial charge in [0.2, 0.25) is 0 Å². The molecule has 0 heterocycles. The van der Waals surface area contributed by atoms with Gasteiger partial charge in [-0.05, 0) is 23.3 Å². The highest BCUT2D eigenvalue weighted by Crippen LogP contribution is 2.21. The lowest BCUT2D eigenvalue weighted by Crippen LogP contribution is -2.11. The summed E-state index contributed by atoms with van der Waals surface area (Å²) in [6, 6.07) is 5.87. The van der Waals surface area contributed by atoms with Crippen LogP contribution in [0.3, 0.4) is 0 Å². The number of nitrogens with zero attached hydrogens (tertiary/aromatic N) is 1. The van der Waals surface area contributed by atoms with E-state index in [1.807, 2.05) is 37.2 Å². The molecular formula is C13H17NO2. The number of carbonyl (C=O) groups excluding carboxylic acids is 1. The molecule has 0 atom stereocenters. The van der Waals surface area contributed by atoms with Crippen LogP contribution < -0.4 is 4.90 Å². The molecule has 0 spiro atoms. The highest BCUT2D eigenvalue weighted by Gasteiger charge is 2.06. The van der Waals surface area contributed by atoms with Crippen LogP contribution in [0.1, 0.15) is 11.1 Å². The summed E-state index contributed by atoms with van der Waals surface area (Å²) < 4.78 is 4.63. The SMILES string of the molecule is C=Cc1cc(CC(=O)OC)ccc1N(C)C. The van der Waals surface area contributed by atoms with Gasteiger partial charge in [0.05, 0.1) is 13.5 Å². The molecule has 0 unspecified atom stereocenters. The van der Waals surface area contributed by atoms with Crippen LogP contribution in [0.2, 0.25) is 0 Å². The Hall–Kier alpha value is -1.77. The van der Waals surface area contributed by atoms with Crippen molar-refractivity contribution in [3.63, 3.8) is 0 Å². The third kappa shape index (κ3) is 2.86. The van der Waals surface area contributed by atoms with Crippen molar-refractivity contribution >= 4 is 17.7 Å².